The van der Waals surface area contributed by atoms with Gasteiger partial charge in [-0.1, -0.05) is 12.2 Å². The van der Waals surface area contributed by atoms with E-state index in [4.69, 9.17) is 4.74 Å². The van der Waals surface area contributed by atoms with E-state index >= 15 is 0 Å². The van der Waals surface area contributed by atoms with Gasteiger partial charge in [0.1, 0.15) is 5.60 Å². The van der Waals surface area contributed by atoms with Crippen LogP contribution in [-0.2, 0) is 4.74 Å². The van der Waals surface area contributed by atoms with Crippen molar-refractivity contribution in [2.45, 2.75) is 39.3 Å². The van der Waals surface area contributed by atoms with Crippen LogP contribution >= 0.6 is 0 Å². The largest absolute Gasteiger partial charge is 0.444 e. The standard InChI is InChI=1S/C14H26N2O3/c1-11(2)8-15-6-7-16(9-12(15)10-17)13(18)19-14(3,4)5/h12,17H,1,6-10H2,2-5H3. The molecular weight excluding hydrogens is 244 g/mol. The van der Waals surface area contributed by atoms with E-state index in [1.165, 1.54) is 0 Å². The maximum absolute atomic E-state index is 12.0. The molecule has 5 heteroatoms. The molecule has 1 amide bonds. The number of carbonyl (C=O) groups is 1. The van der Waals surface area contributed by atoms with E-state index in [9.17, 15) is 9.90 Å². The Morgan fingerprint density at radius 3 is 2.53 bits per heavy atom. The van der Waals surface area contributed by atoms with Gasteiger partial charge in [-0.05, 0) is 27.7 Å². The molecule has 1 atom stereocenters. The van der Waals surface area contributed by atoms with Crippen molar-refractivity contribution in [1.29, 1.82) is 0 Å². The number of hydrogen-bond acceptors (Lipinski definition) is 4. The Bertz CT molecular complexity index is 336. The minimum atomic E-state index is -0.485. The van der Waals surface area contributed by atoms with Crippen LogP contribution in [-0.4, -0.2) is 65.4 Å². The molecule has 0 spiro atoms. The van der Waals surface area contributed by atoms with Crippen molar-refractivity contribution in [3.8, 4) is 0 Å². The third kappa shape index (κ3) is 5.20. The van der Waals surface area contributed by atoms with Gasteiger partial charge in [-0.3, -0.25) is 4.90 Å². The lowest BCUT2D eigenvalue weighted by Crippen LogP contribution is -2.57. The van der Waals surface area contributed by atoms with E-state index in [1.807, 2.05) is 27.7 Å². The summed E-state index contributed by atoms with van der Waals surface area (Å²) in [5.74, 6) is 0. The van der Waals surface area contributed by atoms with Gasteiger partial charge in [0.15, 0.2) is 0 Å². The summed E-state index contributed by atoms with van der Waals surface area (Å²) in [7, 11) is 0. The molecule has 0 radical (unpaired) electrons. The Hall–Kier alpha value is -1.07. The third-order valence-electron chi connectivity index (χ3n) is 2.94. The van der Waals surface area contributed by atoms with Gasteiger partial charge >= 0.3 is 6.09 Å². The fourth-order valence-corrected chi connectivity index (χ4v) is 2.11. The van der Waals surface area contributed by atoms with Crippen LogP contribution in [0.4, 0.5) is 4.79 Å². The summed E-state index contributed by atoms with van der Waals surface area (Å²) in [5, 5.41) is 9.46. The first-order valence-electron chi connectivity index (χ1n) is 6.70. The highest BCUT2D eigenvalue weighted by Crippen LogP contribution is 2.15. The molecule has 19 heavy (non-hydrogen) atoms. The number of piperazine rings is 1. The molecule has 5 nitrogen and oxygen atoms in total. The zero-order valence-electron chi connectivity index (χ0n) is 12.5. The summed E-state index contributed by atoms with van der Waals surface area (Å²) in [6, 6.07) is -0.0435. The van der Waals surface area contributed by atoms with Gasteiger partial charge < -0.3 is 14.7 Å². The molecule has 0 saturated carbocycles. The Morgan fingerprint density at radius 1 is 1.42 bits per heavy atom. The second-order valence-corrected chi connectivity index (χ2v) is 6.19. The van der Waals surface area contributed by atoms with Gasteiger partial charge in [0.25, 0.3) is 0 Å². The maximum atomic E-state index is 12.0. The first kappa shape index (κ1) is 16.0. The summed E-state index contributed by atoms with van der Waals surface area (Å²) in [5.41, 5.74) is 0.574. The lowest BCUT2D eigenvalue weighted by Gasteiger charge is -2.41. The molecule has 1 saturated heterocycles. The molecule has 1 aliphatic heterocycles. The zero-order valence-corrected chi connectivity index (χ0v) is 12.5. The van der Waals surface area contributed by atoms with Crippen LogP contribution in [0, 0.1) is 0 Å². The Morgan fingerprint density at radius 2 is 2.05 bits per heavy atom. The van der Waals surface area contributed by atoms with Crippen molar-refractivity contribution in [2.24, 2.45) is 0 Å². The number of hydrogen-bond donors (Lipinski definition) is 1. The van der Waals surface area contributed by atoms with E-state index in [0.717, 1.165) is 18.7 Å². The molecule has 110 valence electrons. The smallest absolute Gasteiger partial charge is 0.410 e. The Labute approximate surface area is 115 Å². The minimum Gasteiger partial charge on any atom is -0.444 e. The molecule has 1 N–H and O–H groups in total. The van der Waals surface area contributed by atoms with Gasteiger partial charge in [0, 0.05) is 26.2 Å². The van der Waals surface area contributed by atoms with Gasteiger partial charge in [-0.2, -0.15) is 0 Å². The number of aliphatic hydroxyl groups excluding tert-OH is 1. The molecule has 0 aliphatic carbocycles. The topological polar surface area (TPSA) is 53.0 Å². The van der Waals surface area contributed by atoms with Crippen LogP contribution in [0.25, 0.3) is 0 Å². The summed E-state index contributed by atoms with van der Waals surface area (Å²) < 4.78 is 5.36. The fraction of sp³-hybridized carbons (Fsp3) is 0.786. The summed E-state index contributed by atoms with van der Waals surface area (Å²) in [6.45, 7) is 14.1. The number of aliphatic hydroxyl groups is 1. The number of nitrogens with zero attached hydrogens (tertiary/aromatic N) is 2. The molecule has 0 aromatic heterocycles. The fourth-order valence-electron chi connectivity index (χ4n) is 2.11. The van der Waals surface area contributed by atoms with E-state index in [-0.39, 0.29) is 18.7 Å². The molecule has 1 fully saturated rings. The van der Waals surface area contributed by atoms with Crippen LogP contribution in [0.15, 0.2) is 12.2 Å². The van der Waals surface area contributed by atoms with Gasteiger partial charge in [-0.15, -0.1) is 0 Å². The molecule has 1 rings (SSSR count). The highest BCUT2D eigenvalue weighted by Gasteiger charge is 2.31. The maximum Gasteiger partial charge on any atom is 0.410 e. The summed E-state index contributed by atoms with van der Waals surface area (Å²) >= 11 is 0. The average Bonchev–Trinajstić information content (AvgIpc) is 2.26. The molecule has 0 aromatic carbocycles. The van der Waals surface area contributed by atoms with Crippen LogP contribution < -0.4 is 0 Å². The second kappa shape index (κ2) is 6.39. The van der Waals surface area contributed by atoms with Gasteiger partial charge in [-0.25, -0.2) is 4.79 Å². The zero-order chi connectivity index (χ0) is 14.6. The van der Waals surface area contributed by atoms with Crippen molar-refractivity contribution in [1.82, 2.24) is 9.80 Å². The molecule has 1 unspecified atom stereocenters. The molecule has 0 aromatic rings. The van der Waals surface area contributed by atoms with E-state index in [0.29, 0.717) is 13.1 Å². The second-order valence-electron chi connectivity index (χ2n) is 6.19. The number of rotatable bonds is 3. The highest BCUT2D eigenvalue weighted by molar-refractivity contribution is 5.68. The molecule has 1 heterocycles. The SMILES string of the molecule is C=C(C)CN1CCN(C(=O)OC(C)(C)C)CC1CO. The van der Waals surface area contributed by atoms with E-state index in [2.05, 4.69) is 11.5 Å². The van der Waals surface area contributed by atoms with Gasteiger partial charge in [0.05, 0.1) is 12.6 Å². The van der Waals surface area contributed by atoms with Crippen LogP contribution in [0.3, 0.4) is 0 Å². The normalized spacial score (nSPS) is 21.3. The first-order chi connectivity index (χ1) is 8.73. The van der Waals surface area contributed by atoms with Crippen LogP contribution in [0.1, 0.15) is 27.7 Å². The Balaban J connectivity index is 2.58. The monoisotopic (exact) mass is 270 g/mol. The molecule has 1 aliphatic rings. The lowest BCUT2D eigenvalue weighted by molar-refractivity contribution is -0.00224. The molecular formula is C14H26N2O3. The number of amides is 1. The highest BCUT2D eigenvalue weighted by atomic mass is 16.6. The van der Waals surface area contributed by atoms with E-state index in [1.54, 1.807) is 4.90 Å². The molecule has 0 bridgehead atoms. The predicted molar refractivity (Wildman–Crippen MR) is 75.1 cm³/mol. The van der Waals surface area contributed by atoms with Crippen molar-refractivity contribution in [3.63, 3.8) is 0 Å². The van der Waals surface area contributed by atoms with Crippen molar-refractivity contribution in [3.05, 3.63) is 12.2 Å². The van der Waals surface area contributed by atoms with Crippen LogP contribution in [0.5, 0.6) is 0 Å². The van der Waals surface area contributed by atoms with Crippen molar-refractivity contribution < 1.29 is 14.6 Å². The van der Waals surface area contributed by atoms with Gasteiger partial charge in [0.2, 0.25) is 0 Å². The van der Waals surface area contributed by atoms with Crippen molar-refractivity contribution >= 4 is 6.09 Å². The first-order valence-corrected chi connectivity index (χ1v) is 6.70. The lowest BCUT2D eigenvalue weighted by atomic mass is 10.1. The summed E-state index contributed by atoms with van der Waals surface area (Å²) in [4.78, 5) is 15.8. The van der Waals surface area contributed by atoms with Crippen molar-refractivity contribution in [2.75, 3.05) is 32.8 Å². The quantitative estimate of drug-likeness (QED) is 0.789. The Kier molecular flexibility index (Phi) is 5.38. The summed E-state index contributed by atoms with van der Waals surface area (Å²) in [6.07, 6.45) is -0.305. The number of carbonyl (C=O) groups excluding carboxylic acids is 1. The predicted octanol–water partition coefficient (Wildman–Crippen LogP) is 1.48. The van der Waals surface area contributed by atoms with Crippen LogP contribution in [0.2, 0.25) is 0 Å². The third-order valence-corrected chi connectivity index (χ3v) is 2.94. The average molecular weight is 270 g/mol. The number of ether oxygens (including phenoxy) is 1. The van der Waals surface area contributed by atoms with E-state index < -0.39 is 5.60 Å². The minimum absolute atomic E-state index is 0.0343.